The summed E-state index contributed by atoms with van der Waals surface area (Å²) in [5.74, 6) is 2.74. The summed E-state index contributed by atoms with van der Waals surface area (Å²) in [6.45, 7) is 3.35. The van der Waals surface area contributed by atoms with Gasteiger partial charge in [-0.2, -0.15) is 8.78 Å². The van der Waals surface area contributed by atoms with Gasteiger partial charge >= 0.3 is 6.61 Å². The van der Waals surface area contributed by atoms with Gasteiger partial charge in [0, 0.05) is 25.1 Å². The average molecular weight is 437 g/mol. The number of benzene rings is 1. The predicted octanol–water partition coefficient (Wildman–Crippen LogP) is 3.26. The van der Waals surface area contributed by atoms with Crippen LogP contribution in [0.2, 0.25) is 0 Å². The molecule has 10 heteroatoms. The van der Waals surface area contributed by atoms with E-state index >= 15 is 0 Å². The lowest BCUT2D eigenvalue weighted by molar-refractivity contribution is -0.0520. The molecule has 0 spiro atoms. The highest BCUT2D eigenvalue weighted by Gasteiger charge is 2.17. The zero-order valence-corrected chi connectivity index (χ0v) is 18.0. The Balaban J connectivity index is 1.73. The number of alkyl halides is 2. The molecule has 0 radical (unpaired) electrons. The Bertz CT molecular complexity index is 872. The molecule has 0 atom stereocenters. The van der Waals surface area contributed by atoms with Crippen molar-refractivity contribution in [3.63, 3.8) is 0 Å². The van der Waals surface area contributed by atoms with E-state index in [1.54, 1.807) is 25.1 Å². The average Bonchev–Trinajstić information content (AvgIpc) is 2.97. The fraction of sp³-hybridized carbons (Fsp3) is 0.571. The number of aliphatic imine (C=N–C) groups is 1. The second kappa shape index (κ2) is 11.5. The summed E-state index contributed by atoms with van der Waals surface area (Å²) in [4.78, 5) is 4.54. The number of ether oxygens (including phenoxy) is 2. The SMILES string of the molecule is CCNC(=NCc1cccc(OCC)c1OC(F)F)NCc1nnc2n1CCCCC2. The van der Waals surface area contributed by atoms with Gasteiger partial charge in [-0.3, -0.25) is 0 Å². The molecule has 1 aromatic carbocycles. The number of nitrogens with one attached hydrogen (secondary N) is 2. The topological polar surface area (TPSA) is 85.6 Å². The highest BCUT2D eigenvalue weighted by atomic mass is 19.3. The maximum absolute atomic E-state index is 12.9. The van der Waals surface area contributed by atoms with E-state index in [1.807, 2.05) is 6.92 Å². The Morgan fingerprint density at radius 1 is 1.19 bits per heavy atom. The number of para-hydroxylation sites is 1. The molecule has 0 bridgehead atoms. The first kappa shape index (κ1) is 22.8. The Morgan fingerprint density at radius 3 is 2.84 bits per heavy atom. The standard InChI is InChI=1S/C21H30F2N6O2/c1-3-24-21(26-14-18-28-27-17-11-6-5-7-12-29(17)18)25-13-15-9-8-10-16(30-4-2)19(15)31-20(22)23/h8-10,20H,3-7,11-14H2,1-2H3,(H2,24,25,26). The summed E-state index contributed by atoms with van der Waals surface area (Å²) in [5.41, 5.74) is 0.514. The lowest BCUT2D eigenvalue weighted by atomic mass is 10.2. The van der Waals surface area contributed by atoms with E-state index in [0.29, 0.717) is 31.2 Å². The lowest BCUT2D eigenvalue weighted by Crippen LogP contribution is -2.37. The largest absolute Gasteiger partial charge is 0.490 e. The Hall–Kier alpha value is -2.91. The highest BCUT2D eigenvalue weighted by Crippen LogP contribution is 2.33. The molecular formula is C21H30F2N6O2. The highest BCUT2D eigenvalue weighted by molar-refractivity contribution is 5.79. The van der Waals surface area contributed by atoms with Gasteiger partial charge < -0.3 is 24.7 Å². The smallest absolute Gasteiger partial charge is 0.387 e. The van der Waals surface area contributed by atoms with Crippen LogP contribution in [-0.4, -0.2) is 40.5 Å². The van der Waals surface area contributed by atoms with Crippen LogP contribution in [0.5, 0.6) is 11.5 Å². The van der Waals surface area contributed by atoms with Gasteiger partial charge in [0.15, 0.2) is 23.3 Å². The second-order valence-electron chi connectivity index (χ2n) is 7.10. The van der Waals surface area contributed by atoms with Gasteiger partial charge in [0.25, 0.3) is 0 Å². The quantitative estimate of drug-likeness (QED) is 0.464. The molecule has 3 rings (SSSR count). The van der Waals surface area contributed by atoms with Crippen LogP contribution in [0, 0.1) is 0 Å². The van der Waals surface area contributed by atoms with Crippen molar-refractivity contribution in [2.24, 2.45) is 4.99 Å². The minimum absolute atomic E-state index is 0.0155. The molecule has 0 amide bonds. The van der Waals surface area contributed by atoms with Gasteiger partial charge in [0.05, 0.1) is 19.7 Å². The molecule has 0 fully saturated rings. The minimum atomic E-state index is -2.95. The van der Waals surface area contributed by atoms with E-state index in [4.69, 9.17) is 9.47 Å². The number of guanidine groups is 1. The molecule has 0 aliphatic carbocycles. The van der Waals surface area contributed by atoms with E-state index in [2.05, 4.69) is 30.4 Å². The minimum Gasteiger partial charge on any atom is -0.490 e. The molecule has 2 aromatic rings. The van der Waals surface area contributed by atoms with Crippen LogP contribution >= 0.6 is 0 Å². The normalized spacial score (nSPS) is 14.2. The molecule has 0 unspecified atom stereocenters. The summed E-state index contributed by atoms with van der Waals surface area (Å²) < 4.78 is 38.2. The van der Waals surface area contributed by atoms with Crippen LogP contribution < -0.4 is 20.1 Å². The molecule has 0 saturated heterocycles. The van der Waals surface area contributed by atoms with Crippen LogP contribution in [0.1, 0.15) is 50.3 Å². The molecule has 2 heterocycles. The number of aromatic nitrogens is 3. The lowest BCUT2D eigenvalue weighted by Gasteiger charge is -2.15. The van der Waals surface area contributed by atoms with Gasteiger partial charge in [-0.25, -0.2) is 4.99 Å². The molecule has 170 valence electrons. The van der Waals surface area contributed by atoms with Crippen molar-refractivity contribution in [3.05, 3.63) is 35.4 Å². The molecule has 1 aromatic heterocycles. The predicted molar refractivity (Wildman–Crippen MR) is 113 cm³/mol. The zero-order valence-electron chi connectivity index (χ0n) is 18.0. The maximum atomic E-state index is 12.9. The third-order valence-corrected chi connectivity index (χ3v) is 4.92. The van der Waals surface area contributed by atoms with Crippen molar-refractivity contribution in [1.29, 1.82) is 0 Å². The number of fused-ring (bicyclic) bond motifs is 1. The van der Waals surface area contributed by atoms with Crippen molar-refractivity contribution < 1.29 is 18.3 Å². The van der Waals surface area contributed by atoms with Crippen LogP contribution in [0.4, 0.5) is 8.78 Å². The van der Waals surface area contributed by atoms with Crippen LogP contribution in [-0.2, 0) is 26.1 Å². The Labute approximate surface area is 181 Å². The fourth-order valence-corrected chi connectivity index (χ4v) is 3.52. The summed E-state index contributed by atoms with van der Waals surface area (Å²) in [6.07, 6.45) is 4.41. The number of aryl methyl sites for hydroxylation is 1. The monoisotopic (exact) mass is 436 g/mol. The first-order valence-electron chi connectivity index (χ1n) is 10.7. The van der Waals surface area contributed by atoms with E-state index in [0.717, 1.165) is 37.5 Å². The van der Waals surface area contributed by atoms with Gasteiger partial charge in [0.2, 0.25) is 0 Å². The van der Waals surface area contributed by atoms with E-state index < -0.39 is 6.61 Å². The zero-order chi connectivity index (χ0) is 22.1. The molecule has 8 nitrogen and oxygen atoms in total. The summed E-state index contributed by atoms with van der Waals surface area (Å²) in [6, 6.07) is 5.04. The van der Waals surface area contributed by atoms with E-state index in [9.17, 15) is 8.78 Å². The second-order valence-corrected chi connectivity index (χ2v) is 7.10. The van der Waals surface area contributed by atoms with Crippen molar-refractivity contribution in [1.82, 2.24) is 25.4 Å². The van der Waals surface area contributed by atoms with Gasteiger partial charge in [-0.1, -0.05) is 18.6 Å². The maximum Gasteiger partial charge on any atom is 0.387 e. The molecule has 1 aliphatic rings. The molecule has 1 aliphatic heterocycles. The van der Waals surface area contributed by atoms with Gasteiger partial charge in [-0.15, -0.1) is 10.2 Å². The third-order valence-electron chi connectivity index (χ3n) is 4.92. The van der Waals surface area contributed by atoms with Crippen molar-refractivity contribution in [2.75, 3.05) is 13.2 Å². The Morgan fingerprint density at radius 2 is 2.06 bits per heavy atom. The van der Waals surface area contributed by atoms with Crippen LogP contribution in [0.25, 0.3) is 0 Å². The fourth-order valence-electron chi connectivity index (χ4n) is 3.52. The van der Waals surface area contributed by atoms with E-state index in [1.165, 1.54) is 6.42 Å². The summed E-state index contributed by atoms with van der Waals surface area (Å²) >= 11 is 0. The molecule has 2 N–H and O–H groups in total. The number of halogens is 2. The van der Waals surface area contributed by atoms with Crippen molar-refractivity contribution in [2.45, 2.75) is 65.8 Å². The molecule has 31 heavy (non-hydrogen) atoms. The first-order chi connectivity index (χ1) is 15.1. The van der Waals surface area contributed by atoms with Crippen LogP contribution in [0.15, 0.2) is 23.2 Å². The van der Waals surface area contributed by atoms with Crippen molar-refractivity contribution >= 4 is 5.96 Å². The Kier molecular flexibility index (Phi) is 8.43. The summed E-state index contributed by atoms with van der Waals surface area (Å²) in [7, 11) is 0. The van der Waals surface area contributed by atoms with Gasteiger partial charge in [0.1, 0.15) is 5.82 Å². The van der Waals surface area contributed by atoms with Crippen molar-refractivity contribution in [3.8, 4) is 11.5 Å². The third kappa shape index (κ3) is 6.28. The number of rotatable bonds is 9. The first-order valence-corrected chi connectivity index (χ1v) is 10.7. The number of nitrogens with zero attached hydrogens (tertiary/aromatic N) is 4. The summed E-state index contributed by atoms with van der Waals surface area (Å²) in [5, 5.41) is 15.1. The molecular weight excluding hydrogens is 406 g/mol. The molecule has 0 saturated carbocycles. The van der Waals surface area contributed by atoms with Crippen LogP contribution in [0.3, 0.4) is 0 Å². The number of hydrogen-bond donors (Lipinski definition) is 2. The number of hydrogen-bond acceptors (Lipinski definition) is 5. The van der Waals surface area contributed by atoms with E-state index in [-0.39, 0.29) is 18.0 Å². The van der Waals surface area contributed by atoms with Gasteiger partial charge in [-0.05, 0) is 32.8 Å².